The van der Waals surface area contributed by atoms with Crippen LogP contribution in [-0.4, -0.2) is 10.2 Å². The molecule has 0 atom stereocenters. The van der Waals surface area contributed by atoms with Crippen LogP contribution in [0.25, 0.3) is 0 Å². The molecular formula is C12H10F3N3O2. The Balaban J connectivity index is 2.46. The molecule has 1 N–H and O–H groups in total. The van der Waals surface area contributed by atoms with E-state index in [0.717, 1.165) is 12.1 Å². The van der Waals surface area contributed by atoms with Gasteiger partial charge in [-0.05, 0) is 37.2 Å². The van der Waals surface area contributed by atoms with Crippen molar-refractivity contribution in [3.8, 4) is 11.6 Å². The normalized spacial score (nSPS) is 11.4. The van der Waals surface area contributed by atoms with E-state index < -0.39 is 17.5 Å². The number of halogens is 3. The molecule has 8 heteroatoms. The van der Waals surface area contributed by atoms with Gasteiger partial charge in [0.15, 0.2) is 0 Å². The third-order valence-corrected chi connectivity index (χ3v) is 2.79. The number of benzene rings is 1. The molecule has 2 aromatic rings. The van der Waals surface area contributed by atoms with Crippen LogP contribution in [0.4, 0.5) is 18.9 Å². The van der Waals surface area contributed by atoms with Gasteiger partial charge in [-0.2, -0.15) is 13.2 Å². The number of aryl methyl sites for hydroxylation is 1. The van der Waals surface area contributed by atoms with E-state index in [9.17, 15) is 18.1 Å². The van der Waals surface area contributed by atoms with Crippen molar-refractivity contribution in [2.45, 2.75) is 20.0 Å². The minimum absolute atomic E-state index is 0.0554. The largest absolute Gasteiger partial charge is 0.437 e. The number of nitrogens with zero attached hydrogens (tertiary/aromatic N) is 2. The molecule has 0 unspecified atom stereocenters. The fourth-order valence-corrected chi connectivity index (χ4v) is 1.55. The van der Waals surface area contributed by atoms with Gasteiger partial charge in [-0.25, -0.2) is 0 Å². The van der Waals surface area contributed by atoms with Gasteiger partial charge in [0.25, 0.3) is 0 Å². The Morgan fingerprint density at radius 1 is 1.30 bits per heavy atom. The highest BCUT2D eigenvalue weighted by Gasteiger charge is 2.35. The summed E-state index contributed by atoms with van der Waals surface area (Å²) in [6.07, 6.45) is -4.66. The summed E-state index contributed by atoms with van der Waals surface area (Å²) in [7, 11) is 0. The summed E-state index contributed by atoms with van der Waals surface area (Å²) in [5.74, 6) is -0.376. The number of rotatable bonds is 3. The van der Waals surface area contributed by atoms with Crippen LogP contribution in [0, 0.1) is 18.8 Å². The van der Waals surface area contributed by atoms with Crippen LogP contribution in [0.3, 0.4) is 0 Å². The number of alkyl halides is 3. The van der Waals surface area contributed by atoms with Gasteiger partial charge < -0.3 is 4.74 Å². The predicted octanol–water partition coefficient (Wildman–Crippen LogP) is 4.24. The van der Waals surface area contributed by atoms with Crippen LogP contribution in [0.15, 0.2) is 23.4 Å². The lowest BCUT2D eigenvalue weighted by molar-refractivity contribution is -0.138. The Kier molecular flexibility index (Phi) is 3.47. The molecule has 2 rings (SSSR count). The zero-order chi connectivity index (χ0) is 14.9. The third-order valence-electron chi connectivity index (χ3n) is 2.79. The molecule has 0 fully saturated rings. The fourth-order valence-electron chi connectivity index (χ4n) is 1.55. The van der Waals surface area contributed by atoms with Crippen molar-refractivity contribution in [1.29, 1.82) is 0 Å². The number of nitrogens with one attached hydrogen (secondary N) is 1. The van der Waals surface area contributed by atoms with Gasteiger partial charge in [0.05, 0.1) is 0 Å². The number of nitroso groups, excluding NO2 is 1. The third kappa shape index (κ3) is 2.63. The van der Waals surface area contributed by atoms with Gasteiger partial charge in [-0.3, -0.25) is 5.10 Å². The molecule has 1 aromatic heterocycles. The van der Waals surface area contributed by atoms with Crippen LogP contribution in [-0.2, 0) is 6.18 Å². The van der Waals surface area contributed by atoms with E-state index in [2.05, 4.69) is 15.4 Å². The maximum Gasteiger partial charge on any atom is 0.420 e. The van der Waals surface area contributed by atoms with Crippen LogP contribution in [0.5, 0.6) is 11.6 Å². The maximum atomic E-state index is 12.9. The molecule has 5 nitrogen and oxygen atoms in total. The van der Waals surface area contributed by atoms with Gasteiger partial charge in [0.1, 0.15) is 17.0 Å². The number of ether oxygens (including phenoxy) is 1. The van der Waals surface area contributed by atoms with Crippen molar-refractivity contribution in [2.24, 2.45) is 5.18 Å². The summed E-state index contributed by atoms with van der Waals surface area (Å²) in [5.41, 5.74) is -0.0929. The van der Waals surface area contributed by atoms with E-state index in [-0.39, 0.29) is 11.6 Å². The molecule has 0 saturated carbocycles. The average Bonchev–Trinajstić information content (AvgIpc) is 2.70. The predicted molar refractivity (Wildman–Crippen MR) is 65.0 cm³/mol. The van der Waals surface area contributed by atoms with E-state index in [1.807, 2.05) is 0 Å². The molecule has 0 aliphatic carbocycles. The molecule has 0 spiro atoms. The molecule has 0 saturated heterocycles. The first-order valence-electron chi connectivity index (χ1n) is 5.57. The Bertz CT molecular complexity index is 650. The van der Waals surface area contributed by atoms with E-state index in [1.165, 1.54) is 0 Å². The summed E-state index contributed by atoms with van der Waals surface area (Å²) in [5, 5.41) is 8.88. The zero-order valence-corrected chi connectivity index (χ0v) is 10.6. The first-order valence-corrected chi connectivity index (χ1v) is 5.57. The second-order valence-electron chi connectivity index (χ2n) is 4.15. The van der Waals surface area contributed by atoms with E-state index >= 15 is 0 Å². The van der Waals surface area contributed by atoms with Crippen molar-refractivity contribution in [2.75, 3.05) is 0 Å². The van der Waals surface area contributed by atoms with Crippen molar-refractivity contribution in [1.82, 2.24) is 10.2 Å². The number of hydrogen-bond acceptors (Lipinski definition) is 4. The smallest absolute Gasteiger partial charge is 0.420 e. The lowest BCUT2D eigenvalue weighted by Crippen LogP contribution is -2.07. The minimum Gasteiger partial charge on any atom is -0.437 e. The Morgan fingerprint density at radius 2 is 2.00 bits per heavy atom. The number of aromatic nitrogens is 2. The molecule has 0 radical (unpaired) electrons. The lowest BCUT2D eigenvalue weighted by Gasteiger charge is -2.12. The zero-order valence-electron chi connectivity index (χ0n) is 10.6. The lowest BCUT2D eigenvalue weighted by atomic mass is 10.1. The summed E-state index contributed by atoms with van der Waals surface area (Å²) in [6.45, 7) is 3.39. The second-order valence-corrected chi connectivity index (χ2v) is 4.15. The first kappa shape index (κ1) is 14.0. The Hall–Kier alpha value is -2.38. The summed E-state index contributed by atoms with van der Waals surface area (Å²) in [4.78, 5) is 10.3. The highest BCUT2D eigenvalue weighted by atomic mass is 19.4. The minimum atomic E-state index is -4.66. The van der Waals surface area contributed by atoms with Crippen LogP contribution in [0.1, 0.15) is 16.8 Å². The van der Waals surface area contributed by atoms with Crippen molar-refractivity contribution >= 4 is 5.69 Å². The highest BCUT2D eigenvalue weighted by molar-refractivity contribution is 5.50. The summed E-state index contributed by atoms with van der Waals surface area (Å²) < 4.78 is 43.9. The van der Waals surface area contributed by atoms with Gasteiger partial charge >= 0.3 is 6.18 Å². The van der Waals surface area contributed by atoms with E-state index in [1.54, 1.807) is 13.8 Å². The Labute approximate surface area is 111 Å². The van der Waals surface area contributed by atoms with Crippen molar-refractivity contribution < 1.29 is 17.9 Å². The molecule has 0 amide bonds. The quantitative estimate of drug-likeness (QED) is 0.858. The molecule has 0 bridgehead atoms. The molecule has 0 aliphatic heterocycles. The number of H-pyrrole nitrogens is 1. The SMILES string of the molecule is Cc1[nH]nc(Oc2ccc(N=O)cc2C(F)(F)F)c1C. The molecule has 0 aliphatic rings. The Morgan fingerprint density at radius 3 is 2.50 bits per heavy atom. The first-order chi connectivity index (χ1) is 9.32. The van der Waals surface area contributed by atoms with Crippen LogP contribution < -0.4 is 4.74 Å². The maximum absolute atomic E-state index is 12.9. The monoisotopic (exact) mass is 285 g/mol. The van der Waals surface area contributed by atoms with Gasteiger partial charge in [0.2, 0.25) is 5.88 Å². The molecule has 106 valence electrons. The van der Waals surface area contributed by atoms with Crippen LogP contribution >= 0.6 is 0 Å². The van der Waals surface area contributed by atoms with Crippen LogP contribution in [0.2, 0.25) is 0 Å². The van der Waals surface area contributed by atoms with Crippen molar-refractivity contribution in [3.05, 3.63) is 39.9 Å². The van der Waals surface area contributed by atoms with Gasteiger partial charge in [-0.15, -0.1) is 10.0 Å². The van der Waals surface area contributed by atoms with Gasteiger partial charge in [-0.1, -0.05) is 0 Å². The topological polar surface area (TPSA) is 67.3 Å². The average molecular weight is 285 g/mol. The summed E-state index contributed by atoms with van der Waals surface area (Å²) >= 11 is 0. The van der Waals surface area contributed by atoms with E-state index in [4.69, 9.17) is 4.74 Å². The van der Waals surface area contributed by atoms with Gasteiger partial charge in [0, 0.05) is 11.3 Å². The number of hydrogen-bond donors (Lipinski definition) is 1. The number of aromatic amines is 1. The molecule has 1 heterocycles. The highest BCUT2D eigenvalue weighted by Crippen LogP contribution is 2.40. The molecule has 1 aromatic carbocycles. The second kappa shape index (κ2) is 4.95. The molecule has 20 heavy (non-hydrogen) atoms. The molecular weight excluding hydrogens is 275 g/mol. The fraction of sp³-hybridized carbons (Fsp3) is 0.250. The van der Waals surface area contributed by atoms with E-state index in [0.29, 0.717) is 17.3 Å². The summed E-state index contributed by atoms with van der Waals surface area (Å²) in [6, 6.07) is 2.83. The standard InChI is InChI=1S/C12H10F3N3O2/c1-6-7(2)16-17-11(6)20-10-4-3-8(18-19)5-9(10)12(13,14)15/h3-5H,1-2H3,(H,16,17). The van der Waals surface area contributed by atoms with Crippen molar-refractivity contribution in [3.63, 3.8) is 0 Å².